The van der Waals surface area contributed by atoms with Crippen LogP contribution in [0.1, 0.15) is 31.8 Å². The Morgan fingerprint density at radius 1 is 0.800 bits per heavy atom. The first-order chi connectivity index (χ1) is 14.3. The predicted octanol–water partition coefficient (Wildman–Crippen LogP) is 4.29. The van der Waals surface area contributed by atoms with Crippen molar-refractivity contribution in [2.75, 3.05) is 5.32 Å². The zero-order valence-electron chi connectivity index (χ0n) is 15.7. The number of non-ortho nitro benzene ring substituents is 2. The molecule has 1 amide bonds. The number of hydrogen-bond acceptors (Lipinski definition) is 6. The van der Waals surface area contributed by atoms with Crippen molar-refractivity contribution in [2.45, 2.75) is 6.92 Å². The van der Waals surface area contributed by atoms with Crippen LogP contribution in [0, 0.1) is 27.2 Å². The van der Waals surface area contributed by atoms with Crippen LogP contribution in [0.5, 0.6) is 0 Å². The van der Waals surface area contributed by atoms with Crippen LogP contribution in [0.25, 0.3) is 0 Å². The van der Waals surface area contributed by atoms with Gasteiger partial charge >= 0.3 is 0 Å². The summed E-state index contributed by atoms with van der Waals surface area (Å²) in [5, 5.41) is 24.6. The average Bonchev–Trinajstić information content (AvgIpc) is 2.74. The topological polar surface area (TPSA) is 132 Å². The summed E-state index contributed by atoms with van der Waals surface area (Å²) in [6, 6.07) is 16.0. The van der Waals surface area contributed by atoms with Gasteiger partial charge in [0.1, 0.15) is 0 Å². The van der Waals surface area contributed by atoms with Crippen molar-refractivity contribution < 1.29 is 19.4 Å². The molecule has 150 valence electrons. The molecular formula is C21H15N3O6. The lowest BCUT2D eigenvalue weighted by Crippen LogP contribution is -2.16. The third-order valence-electron chi connectivity index (χ3n) is 4.29. The number of nitrogens with zero attached hydrogens (tertiary/aromatic N) is 2. The van der Waals surface area contributed by atoms with E-state index in [4.69, 9.17) is 0 Å². The van der Waals surface area contributed by atoms with Gasteiger partial charge in [0.15, 0.2) is 5.78 Å². The molecule has 3 aromatic rings. The van der Waals surface area contributed by atoms with Gasteiger partial charge in [0, 0.05) is 23.3 Å². The summed E-state index contributed by atoms with van der Waals surface area (Å²) in [5.74, 6) is -1.13. The van der Waals surface area contributed by atoms with Crippen LogP contribution in [0.3, 0.4) is 0 Å². The number of amides is 1. The minimum atomic E-state index is -0.819. The largest absolute Gasteiger partial charge is 0.321 e. The highest BCUT2D eigenvalue weighted by Crippen LogP contribution is 2.25. The molecule has 0 heterocycles. The van der Waals surface area contributed by atoms with Crippen molar-refractivity contribution in [3.05, 3.63) is 109 Å². The number of nitro groups is 2. The summed E-state index contributed by atoms with van der Waals surface area (Å²) in [6.45, 7) is 1.79. The molecule has 0 aromatic heterocycles. The minimum Gasteiger partial charge on any atom is -0.321 e. The molecule has 0 radical (unpaired) electrons. The van der Waals surface area contributed by atoms with Gasteiger partial charge in [-0.15, -0.1) is 0 Å². The van der Waals surface area contributed by atoms with E-state index in [0.29, 0.717) is 5.56 Å². The summed E-state index contributed by atoms with van der Waals surface area (Å²) in [6.07, 6.45) is 0. The summed E-state index contributed by atoms with van der Waals surface area (Å²) in [4.78, 5) is 46.1. The molecule has 0 aliphatic heterocycles. The third kappa shape index (κ3) is 4.36. The zero-order valence-corrected chi connectivity index (χ0v) is 15.7. The van der Waals surface area contributed by atoms with Crippen LogP contribution in [0.4, 0.5) is 17.1 Å². The standard InChI is InChI=1S/C21H15N3O6/c1-13-7-8-19(18(9-13)20(25)14-5-3-2-4-6-14)22-21(26)15-10-16(23(27)28)12-17(11-15)24(29)30/h2-12H,1H3,(H,22,26). The van der Waals surface area contributed by atoms with E-state index in [1.54, 1.807) is 49.4 Å². The van der Waals surface area contributed by atoms with Crippen molar-refractivity contribution in [3.63, 3.8) is 0 Å². The van der Waals surface area contributed by atoms with Gasteiger partial charge in [0.05, 0.1) is 27.2 Å². The smallest absolute Gasteiger partial charge is 0.277 e. The van der Waals surface area contributed by atoms with E-state index in [-0.39, 0.29) is 22.6 Å². The van der Waals surface area contributed by atoms with E-state index in [0.717, 1.165) is 23.8 Å². The number of nitro benzene ring substituents is 2. The lowest BCUT2D eigenvalue weighted by Gasteiger charge is -2.12. The molecule has 3 aromatic carbocycles. The molecule has 9 nitrogen and oxygen atoms in total. The Kier molecular flexibility index (Phi) is 5.63. The highest BCUT2D eigenvalue weighted by atomic mass is 16.6. The van der Waals surface area contributed by atoms with Crippen LogP contribution >= 0.6 is 0 Å². The Labute approximate surface area is 170 Å². The van der Waals surface area contributed by atoms with Crippen LogP contribution < -0.4 is 5.32 Å². The lowest BCUT2D eigenvalue weighted by atomic mass is 9.99. The van der Waals surface area contributed by atoms with E-state index in [9.17, 15) is 29.8 Å². The van der Waals surface area contributed by atoms with Gasteiger partial charge in [-0.1, -0.05) is 42.0 Å². The molecular weight excluding hydrogens is 390 g/mol. The number of aryl methyl sites for hydroxylation is 1. The molecule has 1 N–H and O–H groups in total. The Morgan fingerprint density at radius 3 is 1.97 bits per heavy atom. The third-order valence-corrected chi connectivity index (χ3v) is 4.29. The fourth-order valence-corrected chi connectivity index (χ4v) is 2.83. The number of hydrogen-bond donors (Lipinski definition) is 1. The Balaban J connectivity index is 1.99. The Hall–Kier alpha value is -4.40. The second kappa shape index (κ2) is 8.31. The van der Waals surface area contributed by atoms with Gasteiger partial charge in [-0.25, -0.2) is 0 Å². The molecule has 0 unspecified atom stereocenters. The molecule has 0 bridgehead atoms. The molecule has 0 aliphatic carbocycles. The number of rotatable bonds is 6. The first-order valence-electron chi connectivity index (χ1n) is 8.72. The summed E-state index contributed by atoms with van der Waals surface area (Å²) < 4.78 is 0. The summed E-state index contributed by atoms with van der Waals surface area (Å²) in [7, 11) is 0. The molecule has 0 saturated heterocycles. The van der Waals surface area contributed by atoms with Gasteiger partial charge in [-0.3, -0.25) is 29.8 Å². The number of benzene rings is 3. The van der Waals surface area contributed by atoms with Crippen LogP contribution in [0.15, 0.2) is 66.7 Å². The first-order valence-corrected chi connectivity index (χ1v) is 8.72. The van der Waals surface area contributed by atoms with Gasteiger partial charge in [-0.05, 0) is 19.1 Å². The Morgan fingerprint density at radius 2 is 1.40 bits per heavy atom. The number of carbonyl (C=O) groups is 2. The second-order valence-electron chi connectivity index (χ2n) is 6.45. The van der Waals surface area contributed by atoms with Gasteiger partial charge in [0.25, 0.3) is 17.3 Å². The van der Waals surface area contributed by atoms with Gasteiger partial charge in [-0.2, -0.15) is 0 Å². The quantitative estimate of drug-likeness (QED) is 0.369. The molecule has 0 spiro atoms. The maximum absolute atomic E-state index is 12.9. The lowest BCUT2D eigenvalue weighted by molar-refractivity contribution is -0.394. The van der Waals surface area contributed by atoms with E-state index in [2.05, 4.69) is 5.32 Å². The minimum absolute atomic E-state index is 0.189. The Bertz CT molecular complexity index is 1140. The molecule has 0 saturated carbocycles. The van der Waals surface area contributed by atoms with E-state index in [1.165, 1.54) is 6.07 Å². The van der Waals surface area contributed by atoms with Crippen molar-refractivity contribution in [3.8, 4) is 0 Å². The van der Waals surface area contributed by atoms with E-state index < -0.39 is 27.1 Å². The summed E-state index contributed by atoms with van der Waals surface area (Å²) in [5.41, 5.74) is 0.193. The number of anilines is 1. The number of nitrogens with one attached hydrogen (secondary N) is 1. The number of carbonyl (C=O) groups excluding carboxylic acids is 2. The highest BCUT2D eigenvalue weighted by molar-refractivity contribution is 6.15. The molecule has 9 heteroatoms. The molecule has 0 fully saturated rings. The maximum atomic E-state index is 12.9. The average molecular weight is 405 g/mol. The molecule has 0 aliphatic rings. The monoisotopic (exact) mass is 405 g/mol. The van der Waals surface area contributed by atoms with Crippen molar-refractivity contribution in [1.82, 2.24) is 0 Å². The van der Waals surface area contributed by atoms with Gasteiger partial charge in [0.2, 0.25) is 0 Å². The molecule has 3 rings (SSSR count). The van der Waals surface area contributed by atoms with E-state index in [1.807, 2.05) is 0 Å². The van der Waals surface area contributed by atoms with Crippen LogP contribution in [-0.2, 0) is 0 Å². The van der Waals surface area contributed by atoms with Crippen molar-refractivity contribution in [2.24, 2.45) is 0 Å². The fraction of sp³-hybridized carbons (Fsp3) is 0.0476. The van der Waals surface area contributed by atoms with Crippen molar-refractivity contribution >= 4 is 28.8 Å². The van der Waals surface area contributed by atoms with Crippen LogP contribution in [0.2, 0.25) is 0 Å². The van der Waals surface area contributed by atoms with Crippen molar-refractivity contribution in [1.29, 1.82) is 0 Å². The predicted molar refractivity (Wildman–Crippen MR) is 109 cm³/mol. The second-order valence-corrected chi connectivity index (χ2v) is 6.45. The summed E-state index contributed by atoms with van der Waals surface area (Å²) >= 11 is 0. The first kappa shape index (κ1) is 20.3. The molecule has 0 atom stereocenters. The fourth-order valence-electron chi connectivity index (χ4n) is 2.83. The highest BCUT2D eigenvalue weighted by Gasteiger charge is 2.21. The van der Waals surface area contributed by atoms with E-state index >= 15 is 0 Å². The SMILES string of the molecule is Cc1ccc(NC(=O)c2cc([N+](=O)[O-])cc([N+](=O)[O-])c2)c(C(=O)c2ccccc2)c1. The molecule has 30 heavy (non-hydrogen) atoms. The van der Waals surface area contributed by atoms with Gasteiger partial charge < -0.3 is 5.32 Å². The number of ketones is 1. The van der Waals surface area contributed by atoms with Crippen LogP contribution in [-0.4, -0.2) is 21.5 Å². The zero-order chi connectivity index (χ0) is 21.8. The maximum Gasteiger partial charge on any atom is 0.277 e. The normalized spacial score (nSPS) is 10.3.